The zero-order valence-electron chi connectivity index (χ0n) is 13.5. The Hall–Kier alpha value is -1.60. The van der Waals surface area contributed by atoms with Gasteiger partial charge in [0.25, 0.3) is 0 Å². The van der Waals surface area contributed by atoms with Gasteiger partial charge in [0.05, 0.1) is 0 Å². The zero-order valence-corrected chi connectivity index (χ0v) is 13.5. The molecule has 0 aliphatic carbocycles. The van der Waals surface area contributed by atoms with Crippen molar-refractivity contribution in [1.29, 1.82) is 0 Å². The van der Waals surface area contributed by atoms with Crippen LogP contribution in [0.15, 0.2) is 48.5 Å². The van der Waals surface area contributed by atoms with Crippen molar-refractivity contribution in [3.63, 3.8) is 0 Å². The van der Waals surface area contributed by atoms with Gasteiger partial charge in [0, 0.05) is 6.54 Å². The van der Waals surface area contributed by atoms with Crippen LogP contribution in [-0.4, -0.2) is 6.54 Å². The van der Waals surface area contributed by atoms with Gasteiger partial charge in [0.15, 0.2) is 0 Å². The van der Waals surface area contributed by atoms with Gasteiger partial charge < -0.3 is 5.32 Å². The highest BCUT2D eigenvalue weighted by Crippen LogP contribution is 2.20. The first kappa shape index (κ1) is 15.8. The molecular formula is C20H27N. The fourth-order valence-corrected chi connectivity index (χ4v) is 2.37. The van der Waals surface area contributed by atoms with Crippen LogP contribution in [0.25, 0.3) is 11.1 Å². The Labute approximate surface area is 129 Å². The monoisotopic (exact) mass is 281 g/mol. The quantitative estimate of drug-likeness (QED) is 0.700. The first-order valence-corrected chi connectivity index (χ1v) is 8.08. The molecule has 2 aromatic rings. The summed E-state index contributed by atoms with van der Waals surface area (Å²) in [7, 11) is 0. The van der Waals surface area contributed by atoms with E-state index in [0.29, 0.717) is 0 Å². The first-order valence-electron chi connectivity index (χ1n) is 8.08. The summed E-state index contributed by atoms with van der Waals surface area (Å²) in [6.07, 6.45) is 2.34. The second kappa shape index (κ2) is 7.99. The predicted molar refractivity (Wildman–Crippen MR) is 92.4 cm³/mol. The van der Waals surface area contributed by atoms with E-state index in [2.05, 4.69) is 74.6 Å². The largest absolute Gasteiger partial charge is 0.313 e. The van der Waals surface area contributed by atoms with E-state index in [1.54, 1.807) is 0 Å². The molecule has 2 rings (SSSR count). The van der Waals surface area contributed by atoms with E-state index >= 15 is 0 Å². The Balaban J connectivity index is 1.91. The Morgan fingerprint density at radius 2 is 1.33 bits per heavy atom. The van der Waals surface area contributed by atoms with Crippen LogP contribution in [0.4, 0.5) is 0 Å². The van der Waals surface area contributed by atoms with Crippen molar-refractivity contribution in [1.82, 2.24) is 5.32 Å². The molecule has 112 valence electrons. The number of aryl methyl sites for hydroxylation is 1. The standard InChI is InChI=1S/C20H27N/c1-4-17-5-9-19(10-6-17)20-11-7-18(8-12-20)15-21-14-13-16(2)3/h5-12,16,21H,4,13-15H2,1-3H3. The molecule has 0 bridgehead atoms. The summed E-state index contributed by atoms with van der Waals surface area (Å²) in [6, 6.07) is 17.8. The van der Waals surface area contributed by atoms with Crippen LogP contribution in [0.1, 0.15) is 38.3 Å². The summed E-state index contributed by atoms with van der Waals surface area (Å²) in [5, 5.41) is 3.51. The molecule has 1 heteroatoms. The van der Waals surface area contributed by atoms with Gasteiger partial charge in [-0.15, -0.1) is 0 Å². The lowest BCUT2D eigenvalue weighted by Gasteiger charge is -2.08. The Kier molecular flexibility index (Phi) is 6.01. The number of benzene rings is 2. The van der Waals surface area contributed by atoms with E-state index in [1.165, 1.54) is 28.7 Å². The summed E-state index contributed by atoms with van der Waals surface area (Å²) in [4.78, 5) is 0. The number of nitrogens with one attached hydrogen (secondary N) is 1. The molecule has 0 fully saturated rings. The van der Waals surface area contributed by atoms with E-state index in [9.17, 15) is 0 Å². The van der Waals surface area contributed by atoms with E-state index in [4.69, 9.17) is 0 Å². The SMILES string of the molecule is CCc1ccc(-c2ccc(CNCCC(C)C)cc2)cc1. The molecule has 0 spiro atoms. The predicted octanol–water partition coefficient (Wildman–Crippen LogP) is 5.05. The first-order chi connectivity index (χ1) is 10.2. The molecule has 0 saturated carbocycles. The van der Waals surface area contributed by atoms with Crippen LogP contribution in [0.3, 0.4) is 0 Å². The van der Waals surface area contributed by atoms with E-state index < -0.39 is 0 Å². The summed E-state index contributed by atoms with van der Waals surface area (Å²) in [5.74, 6) is 0.769. The molecular weight excluding hydrogens is 254 g/mol. The summed E-state index contributed by atoms with van der Waals surface area (Å²) in [5.41, 5.74) is 5.34. The molecule has 0 saturated heterocycles. The van der Waals surface area contributed by atoms with Crippen molar-refractivity contribution in [3.05, 3.63) is 59.7 Å². The average Bonchev–Trinajstić information content (AvgIpc) is 2.52. The van der Waals surface area contributed by atoms with Crippen molar-refractivity contribution in [2.75, 3.05) is 6.54 Å². The second-order valence-corrected chi connectivity index (χ2v) is 6.11. The molecule has 0 amide bonds. The van der Waals surface area contributed by atoms with Gasteiger partial charge in [-0.3, -0.25) is 0 Å². The van der Waals surface area contributed by atoms with Crippen LogP contribution in [0.5, 0.6) is 0 Å². The molecule has 0 aromatic heterocycles. The van der Waals surface area contributed by atoms with Gasteiger partial charge in [-0.1, -0.05) is 69.3 Å². The molecule has 0 aliphatic heterocycles. The lowest BCUT2D eigenvalue weighted by molar-refractivity contribution is 0.537. The smallest absolute Gasteiger partial charge is 0.0205 e. The molecule has 0 aliphatic rings. The van der Waals surface area contributed by atoms with Crippen molar-refractivity contribution >= 4 is 0 Å². The van der Waals surface area contributed by atoms with Gasteiger partial charge in [0.1, 0.15) is 0 Å². The van der Waals surface area contributed by atoms with Crippen LogP contribution in [0, 0.1) is 5.92 Å². The fourth-order valence-electron chi connectivity index (χ4n) is 2.37. The average molecular weight is 281 g/mol. The molecule has 0 unspecified atom stereocenters. The Morgan fingerprint density at radius 3 is 1.81 bits per heavy atom. The third-order valence-electron chi connectivity index (χ3n) is 3.88. The molecule has 0 heterocycles. The van der Waals surface area contributed by atoms with Gasteiger partial charge in [-0.2, -0.15) is 0 Å². The van der Waals surface area contributed by atoms with Crippen molar-refractivity contribution in [2.24, 2.45) is 5.92 Å². The summed E-state index contributed by atoms with van der Waals surface area (Å²) >= 11 is 0. The van der Waals surface area contributed by atoms with Gasteiger partial charge in [-0.25, -0.2) is 0 Å². The van der Waals surface area contributed by atoms with Gasteiger partial charge >= 0.3 is 0 Å². The maximum atomic E-state index is 3.51. The number of hydrogen-bond donors (Lipinski definition) is 1. The Bertz CT molecular complexity index is 523. The van der Waals surface area contributed by atoms with Crippen LogP contribution in [-0.2, 0) is 13.0 Å². The normalized spacial score (nSPS) is 11.0. The molecule has 1 N–H and O–H groups in total. The summed E-state index contributed by atoms with van der Waals surface area (Å²) < 4.78 is 0. The second-order valence-electron chi connectivity index (χ2n) is 6.11. The van der Waals surface area contributed by atoms with Crippen molar-refractivity contribution < 1.29 is 0 Å². The summed E-state index contributed by atoms with van der Waals surface area (Å²) in [6.45, 7) is 8.77. The molecule has 1 nitrogen and oxygen atoms in total. The van der Waals surface area contributed by atoms with E-state index in [-0.39, 0.29) is 0 Å². The highest BCUT2D eigenvalue weighted by Gasteiger charge is 1.99. The van der Waals surface area contributed by atoms with Crippen molar-refractivity contribution in [2.45, 2.75) is 40.2 Å². The molecule has 0 radical (unpaired) electrons. The zero-order chi connectivity index (χ0) is 15.1. The fraction of sp³-hybridized carbons (Fsp3) is 0.400. The van der Waals surface area contributed by atoms with Crippen LogP contribution < -0.4 is 5.32 Å². The molecule has 2 aromatic carbocycles. The van der Waals surface area contributed by atoms with E-state index in [0.717, 1.165) is 25.4 Å². The topological polar surface area (TPSA) is 12.0 Å². The van der Waals surface area contributed by atoms with Crippen LogP contribution in [0.2, 0.25) is 0 Å². The minimum absolute atomic E-state index is 0.769. The highest BCUT2D eigenvalue weighted by atomic mass is 14.8. The lowest BCUT2D eigenvalue weighted by atomic mass is 10.0. The minimum atomic E-state index is 0.769. The number of hydrogen-bond acceptors (Lipinski definition) is 1. The van der Waals surface area contributed by atoms with E-state index in [1.807, 2.05) is 0 Å². The molecule has 21 heavy (non-hydrogen) atoms. The highest BCUT2D eigenvalue weighted by molar-refractivity contribution is 5.63. The van der Waals surface area contributed by atoms with Gasteiger partial charge in [-0.05, 0) is 47.6 Å². The lowest BCUT2D eigenvalue weighted by Crippen LogP contribution is -2.16. The van der Waals surface area contributed by atoms with Gasteiger partial charge in [0.2, 0.25) is 0 Å². The maximum absolute atomic E-state index is 3.51. The maximum Gasteiger partial charge on any atom is 0.0205 e. The third-order valence-corrected chi connectivity index (χ3v) is 3.88. The van der Waals surface area contributed by atoms with Crippen molar-refractivity contribution in [3.8, 4) is 11.1 Å². The third kappa shape index (κ3) is 5.02. The Morgan fingerprint density at radius 1 is 0.810 bits per heavy atom. The van der Waals surface area contributed by atoms with Crippen LogP contribution >= 0.6 is 0 Å². The molecule has 0 atom stereocenters. The number of rotatable bonds is 7. The minimum Gasteiger partial charge on any atom is -0.313 e.